The van der Waals surface area contributed by atoms with Gasteiger partial charge in [-0.25, -0.2) is 4.98 Å². The molecule has 0 radical (unpaired) electrons. The van der Waals surface area contributed by atoms with Crippen molar-refractivity contribution in [3.63, 3.8) is 0 Å². The van der Waals surface area contributed by atoms with Gasteiger partial charge in [-0.3, -0.25) is 9.69 Å². The number of nitrogens with one attached hydrogen (secondary N) is 1. The van der Waals surface area contributed by atoms with Gasteiger partial charge in [0, 0.05) is 57.2 Å². The molecule has 9 heteroatoms. The number of nitrogens with zero attached hydrogens (tertiary/aromatic N) is 4. The number of hydrogen-bond acceptors (Lipinski definition) is 7. The third kappa shape index (κ3) is 5.80. The number of anilines is 1. The highest BCUT2D eigenvalue weighted by Crippen LogP contribution is 2.21. The summed E-state index contributed by atoms with van der Waals surface area (Å²) in [6.07, 6.45) is 0.701. The first kappa shape index (κ1) is 20.8. The van der Waals surface area contributed by atoms with Crippen molar-refractivity contribution in [1.29, 1.82) is 0 Å². The lowest BCUT2D eigenvalue weighted by Gasteiger charge is -2.34. The second-order valence-corrected chi connectivity index (χ2v) is 8.14. The van der Waals surface area contributed by atoms with Crippen molar-refractivity contribution in [3.05, 3.63) is 35.7 Å². The number of piperazine rings is 1. The van der Waals surface area contributed by atoms with Crippen molar-refractivity contribution in [2.75, 3.05) is 51.3 Å². The molecule has 28 heavy (non-hydrogen) atoms. The molecule has 1 saturated heterocycles. The van der Waals surface area contributed by atoms with Crippen LogP contribution >= 0.6 is 23.1 Å². The molecule has 2 aromatic rings. The van der Waals surface area contributed by atoms with Crippen LogP contribution in [-0.2, 0) is 11.2 Å². The van der Waals surface area contributed by atoms with Gasteiger partial charge < -0.3 is 15.0 Å². The van der Waals surface area contributed by atoms with Crippen LogP contribution in [0.15, 0.2) is 24.3 Å². The standard InChI is InChI=1S/C19H26ClN5O2S/c1-14(20)18(26)21-6-7-24-8-10-25(11-9-24)19-22-17(23-28-19)13-15-4-3-5-16(12-15)27-2/h3-5,12,14H,6-11,13H2,1-2H3,(H,21,26)/t14-/m0/s1. The Bertz CT molecular complexity index is 777. The first-order chi connectivity index (χ1) is 13.5. The van der Waals surface area contributed by atoms with Crippen molar-refractivity contribution in [1.82, 2.24) is 19.6 Å². The van der Waals surface area contributed by atoms with Gasteiger partial charge in [0.15, 0.2) is 0 Å². The fourth-order valence-electron chi connectivity index (χ4n) is 3.05. The molecule has 2 heterocycles. The van der Waals surface area contributed by atoms with Crippen LogP contribution in [0.3, 0.4) is 0 Å². The minimum Gasteiger partial charge on any atom is -0.497 e. The molecule has 1 atom stereocenters. The molecular weight excluding hydrogens is 398 g/mol. The quantitative estimate of drug-likeness (QED) is 0.655. The largest absolute Gasteiger partial charge is 0.497 e. The second-order valence-electron chi connectivity index (χ2n) is 6.76. The molecule has 1 fully saturated rings. The van der Waals surface area contributed by atoms with Crippen LogP contribution in [0, 0.1) is 0 Å². The van der Waals surface area contributed by atoms with Gasteiger partial charge in [0.1, 0.15) is 17.0 Å². The molecule has 152 valence electrons. The number of benzene rings is 1. The number of aromatic nitrogens is 2. The third-order valence-electron chi connectivity index (χ3n) is 4.69. The first-order valence-electron chi connectivity index (χ1n) is 9.40. The summed E-state index contributed by atoms with van der Waals surface area (Å²) in [6, 6.07) is 8.00. The Balaban J connectivity index is 1.45. The number of hydrogen-bond donors (Lipinski definition) is 1. The van der Waals surface area contributed by atoms with E-state index < -0.39 is 5.38 Å². The molecule has 1 amide bonds. The van der Waals surface area contributed by atoms with E-state index in [1.165, 1.54) is 11.5 Å². The van der Waals surface area contributed by atoms with Crippen LogP contribution in [0.2, 0.25) is 0 Å². The van der Waals surface area contributed by atoms with Gasteiger partial charge in [-0.05, 0) is 24.6 Å². The number of halogens is 1. The Morgan fingerprint density at radius 2 is 2.14 bits per heavy atom. The lowest BCUT2D eigenvalue weighted by Crippen LogP contribution is -2.48. The number of alkyl halides is 1. The SMILES string of the molecule is COc1cccc(Cc2nsc(N3CCN(CCNC(=O)[C@H](C)Cl)CC3)n2)c1. The van der Waals surface area contributed by atoms with E-state index in [2.05, 4.69) is 25.6 Å². The van der Waals surface area contributed by atoms with Gasteiger partial charge in [0.2, 0.25) is 11.0 Å². The molecule has 0 unspecified atom stereocenters. The topological polar surface area (TPSA) is 70.6 Å². The maximum absolute atomic E-state index is 11.5. The van der Waals surface area contributed by atoms with Crippen LogP contribution in [0.4, 0.5) is 5.13 Å². The third-order valence-corrected chi connectivity index (χ3v) is 5.70. The first-order valence-corrected chi connectivity index (χ1v) is 10.6. The van der Waals surface area contributed by atoms with Crippen molar-refractivity contribution in [2.45, 2.75) is 18.7 Å². The number of amides is 1. The number of ether oxygens (including phenoxy) is 1. The fourth-order valence-corrected chi connectivity index (χ4v) is 3.86. The Kier molecular flexibility index (Phi) is 7.47. The summed E-state index contributed by atoms with van der Waals surface area (Å²) in [5.41, 5.74) is 1.14. The lowest BCUT2D eigenvalue weighted by atomic mass is 10.1. The second kappa shape index (κ2) is 10.0. The minimum absolute atomic E-state index is 0.113. The summed E-state index contributed by atoms with van der Waals surface area (Å²) >= 11 is 7.21. The smallest absolute Gasteiger partial charge is 0.237 e. The molecular formula is C19H26ClN5O2S. The van der Waals surface area contributed by atoms with Gasteiger partial charge in [-0.1, -0.05) is 12.1 Å². The van der Waals surface area contributed by atoms with E-state index in [0.717, 1.165) is 55.0 Å². The zero-order valence-corrected chi connectivity index (χ0v) is 17.8. The highest BCUT2D eigenvalue weighted by Gasteiger charge is 2.20. The van der Waals surface area contributed by atoms with E-state index in [1.54, 1.807) is 14.0 Å². The summed E-state index contributed by atoms with van der Waals surface area (Å²) in [5, 5.41) is 3.34. The zero-order valence-electron chi connectivity index (χ0n) is 16.2. The van der Waals surface area contributed by atoms with E-state index in [9.17, 15) is 4.79 Å². The average Bonchev–Trinajstić information content (AvgIpc) is 3.17. The molecule has 1 N–H and O–H groups in total. The van der Waals surface area contributed by atoms with Gasteiger partial charge in [0.05, 0.1) is 7.11 Å². The van der Waals surface area contributed by atoms with E-state index in [-0.39, 0.29) is 5.91 Å². The lowest BCUT2D eigenvalue weighted by molar-refractivity contribution is -0.120. The van der Waals surface area contributed by atoms with Crippen LogP contribution in [0.25, 0.3) is 0 Å². The minimum atomic E-state index is -0.486. The fraction of sp³-hybridized carbons (Fsp3) is 0.526. The Labute approximate surface area is 174 Å². The van der Waals surface area contributed by atoms with Crippen LogP contribution in [0.1, 0.15) is 18.3 Å². The molecule has 3 rings (SSSR count). The molecule has 0 spiro atoms. The number of carbonyl (C=O) groups is 1. The van der Waals surface area contributed by atoms with Crippen molar-refractivity contribution in [3.8, 4) is 5.75 Å². The monoisotopic (exact) mass is 423 g/mol. The Hall–Kier alpha value is -1.90. The van der Waals surface area contributed by atoms with E-state index in [1.807, 2.05) is 18.2 Å². The van der Waals surface area contributed by atoms with Gasteiger partial charge in [-0.2, -0.15) is 4.37 Å². The normalized spacial score (nSPS) is 16.0. The van der Waals surface area contributed by atoms with Gasteiger partial charge in [-0.15, -0.1) is 11.6 Å². The van der Waals surface area contributed by atoms with Crippen LogP contribution < -0.4 is 15.0 Å². The van der Waals surface area contributed by atoms with E-state index in [0.29, 0.717) is 13.0 Å². The summed E-state index contributed by atoms with van der Waals surface area (Å²) in [5.74, 6) is 1.58. The summed E-state index contributed by atoms with van der Waals surface area (Å²) in [4.78, 5) is 20.8. The van der Waals surface area contributed by atoms with Crippen molar-refractivity contribution < 1.29 is 9.53 Å². The van der Waals surface area contributed by atoms with Crippen LogP contribution in [-0.4, -0.2) is 71.9 Å². The highest BCUT2D eigenvalue weighted by molar-refractivity contribution is 7.09. The Morgan fingerprint density at radius 3 is 2.86 bits per heavy atom. The molecule has 1 aliphatic heterocycles. The molecule has 0 saturated carbocycles. The van der Waals surface area contributed by atoms with Crippen molar-refractivity contribution >= 4 is 34.2 Å². The summed E-state index contributed by atoms with van der Waals surface area (Å²) < 4.78 is 9.80. The summed E-state index contributed by atoms with van der Waals surface area (Å²) in [6.45, 7) is 6.84. The number of methoxy groups -OCH3 is 1. The Morgan fingerprint density at radius 1 is 1.36 bits per heavy atom. The van der Waals surface area contributed by atoms with Crippen LogP contribution in [0.5, 0.6) is 5.75 Å². The number of rotatable bonds is 8. The van der Waals surface area contributed by atoms with E-state index >= 15 is 0 Å². The van der Waals surface area contributed by atoms with Crippen molar-refractivity contribution in [2.24, 2.45) is 0 Å². The maximum Gasteiger partial charge on any atom is 0.237 e. The summed E-state index contributed by atoms with van der Waals surface area (Å²) in [7, 11) is 1.67. The number of carbonyl (C=O) groups excluding carboxylic acids is 1. The zero-order chi connectivity index (χ0) is 19.9. The highest BCUT2D eigenvalue weighted by atomic mass is 35.5. The molecule has 1 aliphatic rings. The van der Waals surface area contributed by atoms with Gasteiger partial charge in [0.25, 0.3) is 0 Å². The predicted octanol–water partition coefficient (Wildman–Crippen LogP) is 2.00. The molecule has 1 aromatic heterocycles. The molecule has 0 bridgehead atoms. The maximum atomic E-state index is 11.5. The molecule has 1 aromatic carbocycles. The van der Waals surface area contributed by atoms with E-state index in [4.69, 9.17) is 21.3 Å². The predicted molar refractivity (Wildman–Crippen MR) is 113 cm³/mol. The average molecular weight is 424 g/mol. The molecule has 7 nitrogen and oxygen atoms in total. The molecule has 0 aliphatic carbocycles. The van der Waals surface area contributed by atoms with Gasteiger partial charge >= 0.3 is 0 Å².